The lowest BCUT2D eigenvalue weighted by Gasteiger charge is -2.47. The van der Waals surface area contributed by atoms with Crippen LogP contribution in [0.4, 0.5) is 0 Å². The Hall–Kier alpha value is -1.15. The van der Waals surface area contributed by atoms with Crippen LogP contribution in [0.2, 0.25) is 0 Å². The van der Waals surface area contributed by atoms with Crippen molar-refractivity contribution in [2.75, 3.05) is 13.2 Å². The molecular weight excluding hydrogens is 378 g/mol. The first-order valence-corrected chi connectivity index (χ1v) is 9.00. The van der Waals surface area contributed by atoms with Crippen LogP contribution in [0.1, 0.15) is 13.8 Å². The zero-order valence-corrected chi connectivity index (χ0v) is 15.7. The molecule has 162 valence electrons. The number of aliphatic hydroxyl groups is 5. The summed E-state index contributed by atoms with van der Waals surface area (Å²) in [7, 11) is 0. The maximum Gasteiger partial charge on any atom is 0.217 e. The van der Waals surface area contributed by atoms with E-state index in [1.54, 1.807) is 0 Å². The maximum absolute atomic E-state index is 11.7. The molecule has 0 aromatic carbocycles. The SMILES string of the molecule is C=CCO[C@H]1O[C@H](CO)[C@@H](O)[C@H](O[C@@H]2O[C@@H](C)[C@@H](O)[C@@H](O)[C@@H]2O)[C@H]1NC(C)=O. The molecule has 1 amide bonds. The van der Waals surface area contributed by atoms with Gasteiger partial charge in [0.05, 0.1) is 19.3 Å². The Morgan fingerprint density at radius 1 is 1.11 bits per heavy atom. The van der Waals surface area contributed by atoms with E-state index in [0.717, 1.165) is 0 Å². The summed E-state index contributed by atoms with van der Waals surface area (Å²) in [5, 5.41) is 52.6. The zero-order chi connectivity index (χ0) is 21.0. The summed E-state index contributed by atoms with van der Waals surface area (Å²) in [6.07, 6.45) is -10.1. The fourth-order valence-corrected chi connectivity index (χ4v) is 3.20. The summed E-state index contributed by atoms with van der Waals surface area (Å²) in [6, 6.07) is -1.02. The molecule has 0 aromatic rings. The minimum atomic E-state index is -1.61. The molecule has 2 saturated heterocycles. The van der Waals surface area contributed by atoms with Crippen LogP contribution < -0.4 is 5.32 Å². The second-order valence-corrected chi connectivity index (χ2v) is 6.85. The highest BCUT2D eigenvalue weighted by Crippen LogP contribution is 2.29. The first-order valence-electron chi connectivity index (χ1n) is 9.00. The lowest BCUT2D eigenvalue weighted by Crippen LogP contribution is -2.67. The van der Waals surface area contributed by atoms with E-state index in [1.165, 1.54) is 19.9 Å². The predicted molar refractivity (Wildman–Crippen MR) is 92.7 cm³/mol. The predicted octanol–water partition coefficient (Wildman–Crippen LogP) is -3.02. The van der Waals surface area contributed by atoms with Gasteiger partial charge in [-0.2, -0.15) is 0 Å². The van der Waals surface area contributed by atoms with Gasteiger partial charge in [0.1, 0.15) is 42.7 Å². The summed E-state index contributed by atoms with van der Waals surface area (Å²) in [5.74, 6) is -0.460. The second kappa shape index (κ2) is 10.1. The van der Waals surface area contributed by atoms with E-state index in [4.69, 9.17) is 18.9 Å². The average Bonchev–Trinajstić information content (AvgIpc) is 2.65. The van der Waals surface area contributed by atoms with Gasteiger partial charge in [0.15, 0.2) is 12.6 Å². The van der Waals surface area contributed by atoms with Crippen LogP contribution in [-0.2, 0) is 23.7 Å². The lowest BCUT2D eigenvalue weighted by atomic mass is 9.95. The molecule has 0 saturated carbocycles. The van der Waals surface area contributed by atoms with Crippen LogP contribution >= 0.6 is 0 Å². The molecule has 10 atom stereocenters. The van der Waals surface area contributed by atoms with Crippen LogP contribution in [0.5, 0.6) is 0 Å². The minimum Gasteiger partial charge on any atom is -0.394 e. The molecule has 2 aliphatic heterocycles. The Balaban J connectivity index is 2.26. The Morgan fingerprint density at radius 3 is 2.36 bits per heavy atom. The standard InChI is InChI=1S/C17H29NO10/c1-4-5-25-16-10(18-8(3)20)15(12(22)9(6-19)27-16)28-17-14(24)13(23)11(21)7(2)26-17/h4,7,9-17,19,21-24H,1,5-6H2,2-3H3,(H,18,20)/t7-,9+,10+,11+,12+,13+,14-,15+,16-,17-/m0/s1. The maximum atomic E-state index is 11.7. The number of hydrogen-bond acceptors (Lipinski definition) is 10. The van der Waals surface area contributed by atoms with E-state index in [9.17, 15) is 30.3 Å². The Kier molecular flexibility index (Phi) is 8.30. The smallest absolute Gasteiger partial charge is 0.217 e. The van der Waals surface area contributed by atoms with Crippen molar-refractivity contribution in [1.82, 2.24) is 5.32 Å². The van der Waals surface area contributed by atoms with Gasteiger partial charge in [-0.15, -0.1) is 6.58 Å². The fourth-order valence-electron chi connectivity index (χ4n) is 3.20. The van der Waals surface area contributed by atoms with Crippen molar-refractivity contribution in [1.29, 1.82) is 0 Å². The third kappa shape index (κ3) is 5.06. The normalized spacial score (nSPS) is 44.1. The number of carbonyl (C=O) groups excluding carboxylic acids is 1. The minimum absolute atomic E-state index is 0.0617. The molecule has 0 aromatic heterocycles. The van der Waals surface area contributed by atoms with Crippen molar-refractivity contribution < 1.29 is 49.3 Å². The number of ether oxygens (including phenoxy) is 4. The molecule has 2 fully saturated rings. The fraction of sp³-hybridized carbons (Fsp3) is 0.824. The first kappa shape index (κ1) is 23.1. The first-order chi connectivity index (χ1) is 13.2. The number of amides is 1. The average molecular weight is 407 g/mol. The number of nitrogens with one attached hydrogen (secondary N) is 1. The van der Waals surface area contributed by atoms with Gasteiger partial charge >= 0.3 is 0 Å². The van der Waals surface area contributed by atoms with E-state index >= 15 is 0 Å². The highest BCUT2D eigenvalue weighted by Gasteiger charge is 2.51. The van der Waals surface area contributed by atoms with Crippen molar-refractivity contribution in [3.63, 3.8) is 0 Å². The van der Waals surface area contributed by atoms with Crippen LogP contribution in [0.15, 0.2) is 12.7 Å². The van der Waals surface area contributed by atoms with Crippen LogP contribution in [0, 0.1) is 0 Å². The molecule has 0 radical (unpaired) electrons. The van der Waals surface area contributed by atoms with Crippen molar-refractivity contribution in [3.8, 4) is 0 Å². The molecule has 6 N–H and O–H groups in total. The van der Waals surface area contributed by atoms with Gasteiger partial charge in [0.25, 0.3) is 0 Å². The number of rotatable bonds is 7. The largest absolute Gasteiger partial charge is 0.394 e. The summed E-state index contributed by atoms with van der Waals surface area (Å²) in [6.45, 7) is 5.76. The van der Waals surface area contributed by atoms with Crippen LogP contribution in [0.25, 0.3) is 0 Å². The summed E-state index contributed by atoms with van der Waals surface area (Å²) < 4.78 is 22.1. The molecule has 28 heavy (non-hydrogen) atoms. The van der Waals surface area contributed by atoms with E-state index < -0.39 is 73.9 Å². The Labute approximate surface area is 162 Å². The molecule has 2 heterocycles. The van der Waals surface area contributed by atoms with Crippen molar-refractivity contribution in [2.24, 2.45) is 0 Å². The van der Waals surface area contributed by atoms with Gasteiger partial charge in [0.2, 0.25) is 5.91 Å². The van der Waals surface area contributed by atoms with E-state index in [2.05, 4.69) is 11.9 Å². The molecule has 0 unspecified atom stereocenters. The number of aliphatic hydroxyl groups excluding tert-OH is 5. The van der Waals surface area contributed by atoms with Gasteiger partial charge in [0, 0.05) is 6.92 Å². The molecule has 0 bridgehead atoms. The Bertz CT molecular complexity index is 534. The molecule has 11 heteroatoms. The van der Waals surface area contributed by atoms with Gasteiger partial charge in [-0.25, -0.2) is 0 Å². The molecule has 2 rings (SSSR count). The van der Waals surface area contributed by atoms with Crippen molar-refractivity contribution in [3.05, 3.63) is 12.7 Å². The summed E-state index contributed by atoms with van der Waals surface area (Å²) in [5.41, 5.74) is 0. The van der Waals surface area contributed by atoms with Crippen molar-refractivity contribution in [2.45, 2.75) is 75.2 Å². The molecular formula is C17H29NO10. The Morgan fingerprint density at radius 2 is 1.79 bits per heavy atom. The topological polar surface area (TPSA) is 167 Å². The molecule has 0 aliphatic carbocycles. The van der Waals surface area contributed by atoms with Gasteiger partial charge in [-0.1, -0.05) is 6.08 Å². The van der Waals surface area contributed by atoms with E-state index in [-0.39, 0.29) is 6.61 Å². The van der Waals surface area contributed by atoms with Gasteiger partial charge in [-0.3, -0.25) is 4.79 Å². The lowest BCUT2D eigenvalue weighted by molar-refractivity contribution is -0.340. The number of hydrogen-bond donors (Lipinski definition) is 6. The van der Waals surface area contributed by atoms with Crippen molar-refractivity contribution >= 4 is 5.91 Å². The molecule has 2 aliphatic rings. The highest BCUT2D eigenvalue weighted by atomic mass is 16.7. The molecule has 0 spiro atoms. The third-order valence-corrected chi connectivity index (χ3v) is 4.70. The second-order valence-electron chi connectivity index (χ2n) is 6.85. The monoisotopic (exact) mass is 407 g/mol. The highest BCUT2D eigenvalue weighted by molar-refractivity contribution is 5.73. The number of carbonyl (C=O) groups is 1. The van der Waals surface area contributed by atoms with E-state index in [1.807, 2.05) is 0 Å². The summed E-state index contributed by atoms with van der Waals surface area (Å²) in [4.78, 5) is 11.7. The summed E-state index contributed by atoms with van der Waals surface area (Å²) >= 11 is 0. The quantitative estimate of drug-likeness (QED) is 0.239. The third-order valence-electron chi connectivity index (χ3n) is 4.70. The zero-order valence-electron chi connectivity index (χ0n) is 15.7. The molecule has 11 nitrogen and oxygen atoms in total. The van der Waals surface area contributed by atoms with E-state index in [0.29, 0.717) is 0 Å². The van der Waals surface area contributed by atoms with Crippen LogP contribution in [0.3, 0.4) is 0 Å². The van der Waals surface area contributed by atoms with Crippen LogP contribution in [-0.4, -0.2) is 106 Å². The van der Waals surface area contributed by atoms with Gasteiger partial charge in [-0.05, 0) is 6.92 Å². The van der Waals surface area contributed by atoms with Gasteiger partial charge < -0.3 is 49.8 Å².